The van der Waals surface area contributed by atoms with Crippen molar-refractivity contribution in [2.45, 2.75) is 13.8 Å². The van der Waals surface area contributed by atoms with Crippen LogP contribution in [0.2, 0.25) is 0 Å². The first-order valence-electron chi connectivity index (χ1n) is 7.06. The number of carbonyl (C=O) groups excluding carboxylic acids is 1. The molecule has 1 aromatic heterocycles. The lowest BCUT2D eigenvalue weighted by Crippen LogP contribution is -2.30. The molecule has 0 aliphatic heterocycles. The number of anilines is 2. The first kappa shape index (κ1) is 16.4. The molecular weight excluding hydrogens is 296 g/mol. The van der Waals surface area contributed by atoms with E-state index < -0.39 is 4.92 Å². The van der Waals surface area contributed by atoms with Crippen LogP contribution in [0.5, 0.6) is 0 Å². The van der Waals surface area contributed by atoms with Crippen molar-refractivity contribution in [3.63, 3.8) is 0 Å². The second-order valence-corrected chi connectivity index (χ2v) is 5.35. The first-order valence-corrected chi connectivity index (χ1v) is 7.06. The van der Waals surface area contributed by atoms with Crippen LogP contribution in [-0.2, 0) is 4.79 Å². The third-order valence-electron chi connectivity index (χ3n) is 3.25. The standard InChI is InChI=1S/C16H18N4O3/c1-11-8-12(2)17-15(9-11)18-16(21)10-19(3)13-4-6-14(7-5-13)20(22)23/h4-9H,10H2,1-3H3,(H,17,18,21). The van der Waals surface area contributed by atoms with Crippen LogP contribution in [0, 0.1) is 24.0 Å². The maximum atomic E-state index is 12.1. The van der Waals surface area contributed by atoms with Crippen molar-refractivity contribution in [1.29, 1.82) is 0 Å². The number of amides is 1. The second-order valence-electron chi connectivity index (χ2n) is 5.35. The zero-order chi connectivity index (χ0) is 17.0. The summed E-state index contributed by atoms with van der Waals surface area (Å²) in [5.74, 6) is 0.313. The number of benzene rings is 1. The molecule has 0 bridgehead atoms. The lowest BCUT2D eigenvalue weighted by molar-refractivity contribution is -0.384. The quantitative estimate of drug-likeness (QED) is 0.677. The fraction of sp³-hybridized carbons (Fsp3) is 0.250. The highest BCUT2D eigenvalue weighted by molar-refractivity contribution is 5.93. The van der Waals surface area contributed by atoms with E-state index in [9.17, 15) is 14.9 Å². The van der Waals surface area contributed by atoms with Gasteiger partial charge in [-0.1, -0.05) is 0 Å². The SMILES string of the molecule is Cc1cc(C)nc(NC(=O)CN(C)c2ccc([N+](=O)[O-])cc2)c1. The lowest BCUT2D eigenvalue weighted by Gasteiger charge is -2.18. The predicted molar refractivity (Wildman–Crippen MR) is 88.7 cm³/mol. The highest BCUT2D eigenvalue weighted by atomic mass is 16.6. The maximum absolute atomic E-state index is 12.1. The number of hydrogen-bond donors (Lipinski definition) is 1. The van der Waals surface area contributed by atoms with Gasteiger partial charge in [-0.15, -0.1) is 0 Å². The molecule has 1 N–H and O–H groups in total. The Labute approximate surface area is 134 Å². The average molecular weight is 314 g/mol. The van der Waals surface area contributed by atoms with Gasteiger partial charge in [-0.05, 0) is 43.7 Å². The van der Waals surface area contributed by atoms with E-state index in [2.05, 4.69) is 10.3 Å². The van der Waals surface area contributed by atoms with Crippen LogP contribution >= 0.6 is 0 Å². The largest absolute Gasteiger partial charge is 0.365 e. The molecule has 1 amide bonds. The lowest BCUT2D eigenvalue weighted by atomic mass is 10.2. The molecule has 0 fully saturated rings. The van der Waals surface area contributed by atoms with Crippen LogP contribution in [0.1, 0.15) is 11.3 Å². The molecule has 0 unspecified atom stereocenters. The summed E-state index contributed by atoms with van der Waals surface area (Å²) in [5.41, 5.74) is 2.60. The number of nitro benzene ring substituents is 1. The molecule has 7 nitrogen and oxygen atoms in total. The summed E-state index contributed by atoms with van der Waals surface area (Å²) in [7, 11) is 1.75. The molecule has 0 atom stereocenters. The number of pyridine rings is 1. The van der Waals surface area contributed by atoms with Crippen molar-refractivity contribution < 1.29 is 9.72 Å². The molecule has 0 saturated carbocycles. The molecule has 0 aliphatic rings. The van der Waals surface area contributed by atoms with E-state index in [0.717, 1.165) is 16.9 Å². The molecular formula is C16H18N4O3. The summed E-state index contributed by atoms with van der Waals surface area (Å²) < 4.78 is 0. The molecule has 0 radical (unpaired) electrons. The minimum absolute atomic E-state index is 0.0195. The third-order valence-corrected chi connectivity index (χ3v) is 3.25. The van der Waals surface area contributed by atoms with Crippen molar-refractivity contribution in [2.75, 3.05) is 23.8 Å². The molecule has 23 heavy (non-hydrogen) atoms. The Hall–Kier alpha value is -2.96. The third kappa shape index (κ3) is 4.50. The van der Waals surface area contributed by atoms with E-state index in [4.69, 9.17) is 0 Å². The highest BCUT2D eigenvalue weighted by Gasteiger charge is 2.11. The van der Waals surface area contributed by atoms with Crippen molar-refractivity contribution in [3.8, 4) is 0 Å². The van der Waals surface area contributed by atoms with Gasteiger partial charge in [-0.2, -0.15) is 0 Å². The number of aryl methyl sites for hydroxylation is 2. The summed E-state index contributed by atoms with van der Waals surface area (Å²) in [5, 5.41) is 13.4. The Kier molecular flexibility index (Phi) is 4.90. The van der Waals surface area contributed by atoms with Crippen LogP contribution in [0.4, 0.5) is 17.2 Å². The monoisotopic (exact) mass is 314 g/mol. The molecule has 120 valence electrons. The molecule has 2 aromatic rings. The second kappa shape index (κ2) is 6.87. The Morgan fingerprint density at radius 2 is 1.91 bits per heavy atom. The smallest absolute Gasteiger partial charge is 0.269 e. The van der Waals surface area contributed by atoms with Gasteiger partial charge in [0, 0.05) is 30.6 Å². The van der Waals surface area contributed by atoms with E-state index in [0.29, 0.717) is 5.82 Å². The van der Waals surface area contributed by atoms with E-state index >= 15 is 0 Å². The minimum Gasteiger partial charge on any atom is -0.365 e. The van der Waals surface area contributed by atoms with Gasteiger partial charge < -0.3 is 10.2 Å². The van der Waals surface area contributed by atoms with Gasteiger partial charge in [0.2, 0.25) is 5.91 Å². The average Bonchev–Trinajstić information content (AvgIpc) is 2.45. The fourth-order valence-electron chi connectivity index (χ4n) is 2.22. The van der Waals surface area contributed by atoms with Crippen LogP contribution < -0.4 is 10.2 Å². The van der Waals surface area contributed by atoms with Crippen LogP contribution in [-0.4, -0.2) is 29.4 Å². The predicted octanol–water partition coefficient (Wildman–Crippen LogP) is 2.68. The highest BCUT2D eigenvalue weighted by Crippen LogP contribution is 2.18. The van der Waals surface area contributed by atoms with Gasteiger partial charge in [0.1, 0.15) is 5.82 Å². The summed E-state index contributed by atoms with van der Waals surface area (Å²) in [6, 6.07) is 9.78. The van der Waals surface area contributed by atoms with Crippen LogP contribution in [0.25, 0.3) is 0 Å². The van der Waals surface area contributed by atoms with Crippen molar-refractivity contribution >= 4 is 23.1 Å². The van der Waals surface area contributed by atoms with Gasteiger partial charge >= 0.3 is 0 Å². The molecule has 2 rings (SSSR count). The summed E-state index contributed by atoms with van der Waals surface area (Å²) in [6.45, 7) is 3.92. The summed E-state index contributed by atoms with van der Waals surface area (Å²) in [6.07, 6.45) is 0. The van der Waals surface area contributed by atoms with E-state index in [1.165, 1.54) is 12.1 Å². The van der Waals surface area contributed by atoms with Crippen molar-refractivity contribution in [3.05, 3.63) is 57.8 Å². The number of hydrogen-bond acceptors (Lipinski definition) is 5. The number of non-ortho nitro benzene ring substituents is 1. The van der Waals surface area contributed by atoms with Gasteiger partial charge in [-0.3, -0.25) is 14.9 Å². The molecule has 0 saturated heterocycles. The van der Waals surface area contributed by atoms with E-state index in [1.54, 1.807) is 30.1 Å². The summed E-state index contributed by atoms with van der Waals surface area (Å²) >= 11 is 0. The Balaban J connectivity index is 2.00. The Bertz CT molecular complexity index is 708. The van der Waals surface area contributed by atoms with Gasteiger partial charge in [0.25, 0.3) is 5.69 Å². The fourth-order valence-corrected chi connectivity index (χ4v) is 2.22. The minimum atomic E-state index is -0.456. The maximum Gasteiger partial charge on any atom is 0.269 e. The Morgan fingerprint density at radius 3 is 2.48 bits per heavy atom. The van der Waals surface area contributed by atoms with Crippen LogP contribution in [0.3, 0.4) is 0 Å². The number of carbonyl (C=O) groups is 1. The molecule has 1 aromatic carbocycles. The number of rotatable bonds is 5. The number of nitro groups is 1. The number of likely N-dealkylation sites (N-methyl/N-ethyl adjacent to an activating group) is 1. The molecule has 7 heteroatoms. The zero-order valence-electron chi connectivity index (χ0n) is 13.2. The van der Waals surface area contributed by atoms with Crippen LogP contribution in [0.15, 0.2) is 36.4 Å². The molecule has 0 aliphatic carbocycles. The summed E-state index contributed by atoms with van der Waals surface area (Å²) in [4.78, 5) is 28.2. The normalized spacial score (nSPS) is 10.2. The number of nitrogens with one attached hydrogen (secondary N) is 1. The van der Waals surface area contributed by atoms with Crippen molar-refractivity contribution in [1.82, 2.24) is 4.98 Å². The first-order chi connectivity index (χ1) is 10.8. The van der Waals surface area contributed by atoms with Gasteiger partial charge in [-0.25, -0.2) is 4.98 Å². The van der Waals surface area contributed by atoms with Gasteiger partial charge in [0.05, 0.1) is 11.5 Å². The van der Waals surface area contributed by atoms with E-state index in [-0.39, 0.29) is 18.1 Å². The van der Waals surface area contributed by atoms with Gasteiger partial charge in [0.15, 0.2) is 0 Å². The Morgan fingerprint density at radius 1 is 1.26 bits per heavy atom. The van der Waals surface area contributed by atoms with Crippen molar-refractivity contribution in [2.24, 2.45) is 0 Å². The molecule has 1 heterocycles. The number of aromatic nitrogens is 1. The van der Waals surface area contributed by atoms with E-state index in [1.807, 2.05) is 19.9 Å². The number of nitrogens with zero attached hydrogens (tertiary/aromatic N) is 3. The molecule has 0 spiro atoms. The topological polar surface area (TPSA) is 88.4 Å². The zero-order valence-corrected chi connectivity index (χ0v) is 13.2.